The van der Waals surface area contributed by atoms with Crippen LogP contribution >= 0.6 is 0 Å². The fourth-order valence-electron chi connectivity index (χ4n) is 6.94. The molecule has 9 aromatic rings. The van der Waals surface area contributed by atoms with Crippen molar-refractivity contribution >= 4 is 32.7 Å². The fourth-order valence-corrected chi connectivity index (χ4v) is 6.94. The summed E-state index contributed by atoms with van der Waals surface area (Å²) in [7, 11) is 0. The molecular weight excluding hydrogens is 849 g/mol. The van der Waals surface area contributed by atoms with Crippen LogP contribution in [0.15, 0.2) is 156 Å². The van der Waals surface area contributed by atoms with Crippen LogP contribution in [0.1, 0.15) is 40.2 Å². The van der Waals surface area contributed by atoms with Gasteiger partial charge in [-0.05, 0) is 75.8 Å². The van der Waals surface area contributed by atoms with Gasteiger partial charge in [0.2, 0.25) is 0 Å². The van der Waals surface area contributed by atoms with Gasteiger partial charge >= 0.3 is 0 Å². The largest absolute Gasteiger partial charge is 0.456 e. The van der Waals surface area contributed by atoms with Crippen molar-refractivity contribution in [3.63, 3.8) is 0 Å². The first-order valence-corrected chi connectivity index (χ1v) is 18.3. The Bertz CT molecular complexity index is 2820. The van der Waals surface area contributed by atoms with Gasteiger partial charge in [-0.3, -0.25) is 0 Å². The van der Waals surface area contributed by atoms with Crippen LogP contribution < -0.4 is 0 Å². The van der Waals surface area contributed by atoms with Gasteiger partial charge in [0.1, 0.15) is 11.2 Å². The minimum atomic E-state index is -1.48. The second-order valence-electron chi connectivity index (χ2n) is 14.8. The van der Waals surface area contributed by atoms with E-state index in [-0.39, 0.29) is 20.1 Å². The van der Waals surface area contributed by atoms with Crippen LogP contribution in [0.5, 0.6) is 0 Å². The SMILES string of the molecule is Cc1c[c-]c(-c2cc(-c3ccccc3)c(C)cn2)cc1.[2H]C([2H])(c1ccnc(-c2[c-]cc(-c3cccc4c3ccc3oc5ccccc5c34)cc2)c1)C(C)(C)C.[Ir]. The Morgan fingerprint density at radius 3 is 2.09 bits per heavy atom. The zero-order valence-electron chi connectivity index (χ0n) is 33.6. The van der Waals surface area contributed by atoms with Crippen LogP contribution in [0.2, 0.25) is 0 Å². The van der Waals surface area contributed by atoms with Gasteiger partial charge in [-0.25, -0.2) is 0 Å². The van der Waals surface area contributed by atoms with E-state index in [1.54, 1.807) is 12.3 Å². The summed E-state index contributed by atoms with van der Waals surface area (Å²) in [5, 5.41) is 4.59. The molecule has 0 N–H and O–H groups in total. The Balaban J connectivity index is 0.000000201. The maximum Gasteiger partial charge on any atom is 0.136 e. The molecule has 0 saturated carbocycles. The molecule has 3 nitrogen and oxygen atoms in total. The number of furan rings is 1. The van der Waals surface area contributed by atoms with Crippen molar-refractivity contribution in [2.24, 2.45) is 5.41 Å². The van der Waals surface area contributed by atoms with Crippen molar-refractivity contribution < 1.29 is 27.3 Å². The molecule has 0 fully saturated rings. The van der Waals surface area contributed by atoms with Crippen molar-refractivity contribution in [3.05, 3.63) is 181 Å². The van der Waals surface area contributed by atoms with E-state index in [9.17, 15) is 0 Å². The van der Waals surface area contributed by atoms with Gasteiger partial charge in [0.05, 0.1) is 0 Å². The Morgan fingerprint density at radius 2 is 1.35 bits per heavy atom. The number of hydrogen-bond donors (Lipinski definition) is 0. The van der Waals surface area contributed by atoms with Gasteiger partial charge in [0.25, 0.3) is 0 Å². The van der Waals surface area contributed by atoms with E-state index in [1.165, 1.54) is 22.3 Å². The molecule has 273 valence electrons. The zero-order chi connectivity index (χ0) is 39.0. The summed E-state index contributed by atoms with van der Waals surface area (Å²) in [6.07, 6.45) is 2.14. The molecule has 4 heteroatoms. The van der Waals surface area contributed by atoms with E-state index in [2.05, 4.69) is 121 Å². The molecule has 0 aliphatic heterocycles. The Hall–Kier alpha value is -5.67. The number of nitrogens with zero attached hydrogens (tertiary/aromatic N) is 2. The quantitative estimate of drug-likeness (QED) is 0.162. The number of benzene rings is 6. The number of aromatic nitrogens is 2. The molecule has 9 rings (SSSR count). The van der Waals surface area contributed by atoms with Gasteiger partial charge in [0.15, 0.2) is 0 Å². The van der Waals surface area contributed by atoms with E-state index in [0.29, 0.717) is 5.56 Å². The van der Waals surface area contributed by atoms with Crippen molar-refractivity contribution in [1.82, 2.24) is 9.97 Å². The van der Waals surface area contributed by atoms with Crippen LogP contribution in [0.25, 0.3) is 77.5 Å². The predicted octanol–water partition coefficient (Wildman–Crippen LogP) is 13.7. The van der Waals surface area contributed by atoms with Crippen molar-refractivity contribution in [1.29, 1.82) is 0 Å². The molecule has 6 aromatic carbocycles. The maximum absolute atomic E-state index is 8.62. The van der Waals surface area contributed by atoms with Gasteiger partial charge in [-0.2, -0.15) is 0 Å². The molecule has 0 aliphatic rings. The summed E-state index contributed by atoms with van der Waals surface area (Å²) in [5.41, 5.74) is 12.5. The minimum absolute atomic E-state index is 0. The third-order valence-electron chi connectivity index (χ3n) is 9.51. The van der Waals surface area contributed by atoms with Gasteiger partial charge in [0, 0.05) is 46.0 Å². The standard InChI is InChI=1S/C32H26NO.C19H16N.Ir/c1-32(2,3)20-21-17-18-33-28(19-21)23-13-11-22(12-14-23)24-8-6-9-26-25(24)15-16-30-31(26)27-7-4-5-10-29(27)34-30;1-14-8-10-17(11-9-14)19-12-18(15(2)13-20-19)16-6-4-3-5-7-16;/h4-13,15-19H,20H2,1-3H3;3-10,12-13H,1-2H3;/q2*-1;/i20D2;;. The second kappa shape index (κ2) is 16.0. The van der Waals surface area contributed by atoms with Crippen LogP contribution in [0.3, 0.4) is 0 Å². The second-order valence-corrected chi connectivity index (χ2v) is 14.8. The van der Waals surface area contributed by atoms with Gasteiger partial charge in [-0.15, -0.1) is 65.2 Å². The van der Waals surface area contributed by atoms with Crippen molar-refractivity contribution in [2.45, 2.75) is 41.0 Å². The average molecular weight is 893 g/mol. The normalized spacial score (nSPS) is 12.1. The molecule has 3 heterocycles. The summed E-state index contributed by atoms with van der Waals surface area (Å²) < 4.78 is 23.3. The fraction of sp³-hybridized carbons (Fsp3) is 0.137. The zero-order valence-corrected chi connectivity index (χ0v) is 34.0. The molecule has 1 radical (unpaired) electrons. The molecule has 0 bridgehead atoms. The number of fused-ring (bicyclic) bond motifs is 5. The number of rotatable bonds is 5. The molecule has 0 saturated heterocycles. The summed E-state index contributed by atoms with van der Waals surface area (Å²) in [5.74, 6) is 0. The summed E-state index contributed by atoms with van der Waals surface area (Å²) >= 11 is 0. The van der Waals surface area contributed by atoms with E-state index >= 15 is 0 Å². The van der Waals surface area contributed by atoms with Gasteiger partial charge < -0.3 is 14.4 Å². The van der Waals surface area contributed by atoms with Gasteiger partial charge in [-0.1, -0.05) is 129 Å². The molecule has 0 unspecified atom stereocenters. The van der Waals surface area contributed by atoms with Crippen molar-refractivity contribution in [3.8, 4) is 44.8 Å². The molecule has 0 aliphatic carbocycles. The van der Waals surface area contributed by atoms with Crippen molar-refractivity contribution in [2.75, 3.05) is 0 Å². The molecule has 3 aromatic heterocycles. The monoisotopic (exact) mass is 893 g/mol. The Morgan fingerprint density at radius 1 is 0.618 bits per heavy atom. The number of hydrogen-bond acceptors (Lipinski definition) is 3. The summed E-state index contributed by atoms with van der Waals surface area (Å²) in [4.78, 5) is 9.04. The number of para-hydroxylation sites is 1. The van der Waals surface area contributed by atoms with Crippen LogP contribution in [-0.2, 0) is 26.5 Å². The summed E-state index contributed by atoms with van der Waals surface area (Å²) in [6.45, 7) is 9.91. The smallest absolute Gasteiger partial charge is 0.136 e. The third kappa shape index (κ3) is 8.22. The van der Waals surface area contributed by atoms with E-state index in [1.807, 2.05) is 75.5 Å². The average Bonchev–Trinajstić information content (AvgIpc) is 3.61. The topological polar surface area (TPSA) is 38.9 Å². The first-order valence-electron chi connectivity index (χ1n) is 19.3. The van der Waals surface area contributed by atoms with Crippen LogP contribution in [0, 0.1) is 31.4 Å². The predicted molar refractivity (Wildman–Crippen MR) is 225 cm³/mol. The van der Waals surface area contributed by atoms with E-state index in [4.69, 9.17) is 7.16 Å². The Kier molecular flexibility index (Phi) is 10.2. The van der Waals surface area contributed by atoms with Crippen LogP contribution in [0.4, 0.5) is 0 Å². The minimum Gasteiger partial charge on any atom is -0.456 e. The molecule has 0 atom stereocenters. The first-order chi connectivity index (χ1) is 27.0. The van der Waals surface area contributed by atoms with E-state index in [0.717, 1.165) is 66.4 Å². The number of pyridine rings is 2. The Labute approximate surface area is 340 Å². The number of aryl methyl sites for hydroxylation is 2. The van der Waals surface area contributed by atoms with Crippen LogP contribution in [-0.4, -0.2) is 9.97 Å². The molecule has 0 amide bonds. The first kappa shape index (κ1) is 35.1. The van der Waals surface area contributed by atoms with E-state index < -0.39 is 11.8 Å². The molecule has 55 heavy (non-hydrogen) atoms. The molecule has 0 spiro atoms. The molecular formula is C51H42IrN2O-2. The summed E-state index contributed by atoms with van der Waals surface area (Å²) in [6, 6.07) is 53.8. The maximum atomic E-state index is 8.62. The third-order valence-corrected chi connectivity index (χ3v) is 9.51.